The molecule has 2 aromatic heterocycles. The van der Waals surface area contributed by atoms with Crippen molar-refractivity contribution in [2.24, 2.45) is 7.05 Å². The van der Waals surface area contributed by atoms with E-state index >= 15 is 0 Å². The van der Waals surface area contributed by atoms with Crippen LogP contribution in [0.1, 0.15) is 30.1 Å². The van der Waals surface area contributed by atoms with Crippen LogP contribution in [-0.2, 0) is 7.05 Å². The summed E-state index contributed by atoms with van der Waals surface area (Å²) in [5, 5.41) is 4.12. The van der Waals surface area contributed by atoms with E-state index in [0.717, 1.165) is 29.9 Å². The predicted octanol–water partition coefficient (Wildman–Crippen LogP) is 1.36. The number of nitrogens with zero attached hydrogens (tertiary/aromatic N) is 3. The first-order chi connectivity index (χ1) is 8.15. The van der Waals surface area contributed by atoms with Crippen LogP contribution >= 0.6 is 0 Å². The molecular formula is C12H14N4O. The summed E-state index contributed by atoms with van der Waals surface area (Å²) in [7, 11) is 1.85. The summed E-state index contributed by atoms with van der Waals surface area (Å²) in [6.45, 7) is 1.80. The third kappa shape index (κ3) is 1.77. The molecule has 0 aliphatic heterocycles. The Hall–Kier alpha value is -1.91. The zero-order valence-electron chi connectivity index (χ0n) is 9.90. The van der Waals surface area contributed by atoms with Gasteiger partial charge in [0.25, 0.3) is 5.56 Å². The maximum Gasteiger partial charge on any atom is 0.254 e. The Morgan fingerprint density at radius 1 is 1.47 bits per heavy atom. The highest BCUT2D eigenvalue weighted by Gasteiger charge is 2.27. The summed E-state index contributed by atoms with van der Waals surface area (Å²) in [5.74, 6) is 1.26. The van der Waals surface area contributed by atoms with E-state index in [1.165, 1.54) is 0 Å². The Kier molecular flexibility index (Phi) is 2.14. The van der Waals surface area contributed by atoms with Crippen molar-refractivity contribution < 1.29 is 0 Å². The zero-order valence-corrected chi connectivity index (χ0v) is 9.90. The molecule has 0 aromatic carbocycles. The van der Waals surface area contributed by atoms with Crippen molar-refractivity contribution >= 4 is 0 Å². The highest BCUT2D eigenvalue weighted by Crippen LogP contribution is 2.38. The van der Waals surface area contributed by atoms with E-state index in [1.807, 2.05) is 13.2 Å². The van der Waals surface area contributed by atoms with Gasteiger partial charge < -0.3 is 4.98 Å². The standard InChI is InChI=1S/C12H14N4O/c1-7-10(9-5-13-16(2)6-9)14-11(8-3-4-8)15-12(7)17/h5-6,8H,3-4H2,1-2H3,(H,14,15,17). The fourth-order valence-electron chi connectivity index (χ4n) is 1.92. The zero-order chi connectivity index (χ0) is 12.0. The minimum atomic E-state index is -0.0410. The van der Waals surface area contributed by atoms with Gasteiger partial charge in [-0.25, -0.2) is 4.98 Å². The highest BCUT2D eigenvalue weighted by atomic mass is 16.1. The first kappa shape index (κ1) is 10.3. The Bertz CT molecular complexity index is 622. The average Bonchev–Trinajstić information content (AvgIpc) is 3.05. The molecule has 17 heavy (non-hydrogen) atoms. The summed E-state index contributed by atoms with van der Waals surface area (Å²) in [4.78, 5) is 19.3. The molecule has 3 rings (SSSR count). The van der Waals surface area contributed by atoms with Crippen molar-refractivity contribution in [3.8, 4) is 11.3 Å². The van der Waals surface area contributed by atoms with Crippen molar-refractivity contribution in [2.45, 2.75) is 25.7 Å². The van der Waals surface area contributed by atoms with Gasteiger partial charge in [-0.05, 0) is 19.8 Å². The molecule has 2 heterocycles. The van der Waals surface area contributed by atoms with Gasteiger partial charge in [-0.1, -0.05) is 0 Å². The lowest BCUT2D eigenvalue weighted by molar-refractivity contribution is 0.768. The van der Waals surface area contributed by atoms with E-state index in [9.17, 15) is 4.79 Å². The molecule has 1 aliphatic carbocycles. The van der Waals surface area contributed by atoms with Gasteiger partial charge in [0.15, 0.2) is 0 Å². The quantitative estimate of drug-likeness (QED) is 0.847. The third-order valence-electron chi connectivity index (χ3n) is 3.11. The molecule has 1 saturated carbocycles. The lowest BCUT2D eigenvalue weighted by Crippen LogP contribution is -2.15. The Balaban J connectivity index is 2.17. The second-order valence-electron chi connectivity index (χ2n) is 4.60. The van der Waals surface area contributed by atoms with Crippen LogP contribution in [0.25, 0.3) is 11.3 Å². The van der Waals surface area contributed by atoms with Gasteiger partial charge in [-0.15, -0.1) is 0 Å². The number of rotatable bonds is 2. The maximum atomic E-state index is 11.9. The molecule has 0 bridgehead atoms. The van der Waals surface area contributed by atoms with Gasteiger partial charge >= 0.3 is 0 Å². The summed E-state index contributed by atoms with van der Waals surface area (Å²) >= 11 is 0. The number of hydrogen-bond acceptors (Lipinski definition) is 3. The number of nitrogens with one attached hydrogen (secondary N) is 1. The third-order valence-corrected chi connectivity index (χ3v) is 3.11. The van der Waals surface area contributed by atoms with E-state index in [2.05, 4.69) is 15.1 Å². The topological polar surface area (TPSA) is 63.6 Å². The normalized spacial score (nSPS) is 15.2. The summed E-state index contributed by atoms with van der Waals surface area (Å²) < 4.78 is 1.72. The highest BCUT2D eigenvalue weighted by molar-refractivity contribution is 5.60. The molecule has 5 nitrogen and oxygen atoms in total. The van der Waals surface area contributed by atoms with E-state index < -0.39 is 0 Å². The molecule has 2 aromatic rings. The van der Waals surface area contributed by atoms with Crippen molar-refractivity contribution in [3.05, 3.63) is 34.1 Å². The summed E-state index contributed by atoms with van der Waals surface area (Å²) in [6, 6.07) is 0. The molecule has 1 aliphatic rings. The van der Waals surface area contributed by atoms with Crippen LogP contribution in [0.3, 0.4) is 0 Å². The SMILES string of the molecule is Cc1c(-c2cnn(C)c2)nc(C2CC2)[nH]c1=O. The minimum absolute atomic E-state index is 0.0410. The van der Waals surface area contributed by atoms with Crippen molar-refractivity contribution in [2.75, 3.05) is 0 Å². The maximum absolute atomic E-state index is 11.9. The Labute approximate surface area is 98.5 Å². The Morgan fingerprint density at radius 3 is 2.82 bits per heavy atom. The number of H-pyrrole nitrogens is 1. The molecule has 1 fully saturated rings. The molecule has 0 amide bonds. The molecule has 0 unspecified atom stereocenters. The summed E-state index contributed by atoms with van der Waals surface area (Å²) in [5.41, 5.74) is 2.27. The lowest BCUT2D eigenvalue weighted by Gasteiger charge is -2.04. The fourth-order valence-corrected chi connectivity index (χ4v) is 1.92. The minimum Gasteiger partial charge on any atom is -0.310 e. The molecule has 88 valence electrons. The average molecular weight is 230 g/mol. The lowest BCUT2D eigenvalue weighted by atomic mass is 10.1. The first-order valence-electron chi connectivity index (χ1n) is 5.75. The van der Waals surface area contributed by atoms with Crippen LogP contribution in [0.5, 0.6) is 0 Å². The number of aromatic nitrogens is 4. The van der Waals surface area contributed by atoms with Crippen molar-refractivity contribution in [3.63, 3.8) is 0 Å². The van der Waals surface area contributed by atoms with Crippen LogP contribution in [0, 0.1) is 6.92 Å². The van der Waals surface area contributed by atoms with Gasteiger partial charge in [0.2, 0.25) is 0 Å². The molecule has 0 radical (unpaired) electrons. The number of aromatic amines is 1. The first-order valence-corrected chi connectivity index (χ1v) is 5.75. The molecule has 0 atom stereocenters. The van der Waals surface area contributed by atoms with Crippen LogP contribution in [0.15, 0.2) is 17.2 Å². The largest absolute Gasteiger partial charge is 0.310 e. The Morgan fingerprint density at radius 2 is 2.24 bits per heavy atom. The second kappa shape index (κ2) is 3.55. The van der Waals surface area contributed by atoms with Gasteiger partial charge in [0.05, 0.1) is 11.9 Å². The number of aryl methyl sites for hydroxylation is 1. The molecule has 0 saturated heterocycles. The van der Waals surface area contributed by atoms with Crippen molar-refractivity contribution in [1.82, 2.24) is 19.7 Å². The molecule has 0 spiro atoms. The molecular weight excluding hydrogens is 216 g/mol. The molecule has 5 heteroatoms. The van der Waals surface area contributed by atoms with Gasteiger partial charge in [-0.3, -0.25) is 9.48 Å². The van der Waals surface area contributed by atoms with Gasteiger partial charge in [0, 0.05) is 30.3 Å². The van der Waals surface area contributed by atoms with E-state index in [4.69, 9.17) is 0 Å². The van der Waals surface area contributed by atoms with Crippen LogP contribution < -0.4 is 5.56 Å². The van der Waals surface area contributed by atoms with E-state index in [0.29, 0.717) is 11.5 Å². The predicted molar refractivity (Wildman–Crippen MR) is 63.8 cm³/mol. The van der Waals surface area contributed by atoms with Gasteiger partial charge in [-0.2, -0.15) is 5.10 Å². The van der Waals surface area contributed by atoms with E-state index in [-0.39, 0.29) is 5.56 Å². The number of hydrogen-bond donors (Lipinski definition) is 1. The van der Waals surface area contributed by atoms with Crippen LogP contribution in [0.4, 0.5) is 0 Å². The fraction of sp³-hybridized carbons (Fsp3) is 0.417. The van der Waals surface area contributed by atoms with Crippen LogP contribution in [0.2, 0.25) is 0 Å². The van der Waals surface area contributed by atoms with Gasteiger partial charge in [0.1, 0.15) is 5.82 Å². The monoisotopic (exact) mass is 230 g/mol. The summed E-state index contributed by atoms with van der Waals surface area (Å²) in [6.07, 6.45) is 5.87. The van der Waals surface area contributed by atoms with Crippen LogP contribution in [-0.4, -0.2) is 19.7 Å². The van der Waals surface area contributed by atoms with Crippen molar-refractivity contribution in [1.29, 1.82) is 0 Å². The smallest absolute Gasteiger partial charge is 0.254 e. The second-order valence-corrected chi connectivity index (χ2v) is 4.60. The molecule has 1 N–H and O–H groups in total. The van der Waals surface area contributed by atoms with E-state index in [1.54, 1.807) is 17.8 Å².